The summed E-state index contributed by atoms with van der Waals surface area (Å²) >= 11 is 0. The van der Waals surface area contributed by atoms with Crippen molar-refractivity contribution in [1.29, 1.82) is 0 Å². The lowest BCUT2D eigenvalue weighted by molar-refractivity contribution is -0.00609. The third-order valence-corrected chi connectivity index (χ3v) is 11.3. The predicted octanol–water partition coefficient (Wildman–Crippen LogP) is 14.0. The summed E-state index contributed by atoms with van der Waals surface area (Å²) in [5.41, 5.74) is 0. The molecule has 0 saturated carbocycles. The van der Waals surface area contributed by atoms with Crippen molar-refractivity contribution in [2.24, 2.45) is 5.92 Å². The van der Waals surface area contributed by atoms with Gasteiger partial charge in [0, 0.05) is 31.3 Å². The van der Waals surface area contributed by atoms with E-state index in [-0.39, 0.29) is 6.10 Å². The number of ether oxygens (including phenoxy) is 2. The van der Waals surface area contributed by atoms with Gasteiger partial charge in [0.1, 0.15) is 0 Å². The molecule has 0 aliphatic heterocycles. The molecule has 2 unspecified atom stereocenters. The van der Waals surface area contributed by atoms with E-state index in [1.807, 2.05) is 21.6 Å². The molecule has 0 rings (SSSR count). The Morgan fingerprint density at radius 1 is 0.583 bits per heavy atom. The molecular weight excluding hydrogens is 627 g/mol. The van der Waals surface area contributed by atoms with Crippen LogP contribution in [0.1, 0.15) is 175 Å². The van der Waals surface area contributed by atoms with Gasteiger partial charge in [0.05, 0.1) is 12.7 Å². The van der Waals surface area contributed by atoms with Crippen LogP contribution in [0.3, 0.4) is 0 Å². The molecule has 0 aliphatic rings. The summed E-state index contributed by atoms with van der Waals surface area (Å²) in [7, 11) is 8.21. The maximum Gasteiger partial charge on any atom is 0.0906 e. The van der Waals surface area contributed by atoms with Gasteiger partial charge in [-0.05, 0) is 84.2 Å². The lowest BCUT2D eigenvalue weighted by atomic mass is 9.99. The van der Waals surface area contributed by atoms with Crippen molar-refractivity contribution >= 4 is 21.6 Å². The van der Waals surface area contributed by atoms with Crippen LogP contribution in [-0.4, -0.2) is 63.0 Å². The average Bonchev–Trinajstić information content (AvgIpc) is 3.07. The molecule has 0 spiro atoms. The van der Waals surface area contributed by atoms with Gasteiger partial charge >= 0.3 is 0 Å². The molecule has 0 aromatic carbocycles. The average molecular weight is 710 g/mol. The van der Waals surface area contributed by atoms with E-state index in [1.165, 1.54) is 148 Å². The zero-order valence-electron chi connectivity index (χ0n) is 32.9. The van der Waals surface area contributed by atoms with Crippen LogP contribution >= 0.6 is 21.6 Å². The molecule has 0 amide bonds. The van der Waals surface area contributed by atoms with Crippen LogP contribution < -0.4 is 0 Å². The second-order valence-corrected chi connectivity index (χ2v) is 16.9. The lowest BCUT2D eigenvalue weighted by Crippen LogP contribution is -2.23. The van der Waals surface area contributed by atoms with Crippen LogP contribution in [0.2, 0.25) is 0 Å². The van der Waals surface area contributed by atoms with Crippen LogP contribution in [0.5, 0.6) is 0 Å². The summed E-state index contributed by atoms with van der Waals surface area (Å²) in [5.74, 6) is 3.03. The Hall–Kier alpha value is -0.200. The van der Waals surface area contributed by atoms with Gasteiger partial charge in [-0.1, -0.05) is 169 Å². The Labute approximate surface area is 310 Å². The fourth-order valence-electron chi connectivity index (χ4n) is 5.58. The molecule has 2 atom stereocenters. The summed E-state index contributed by atoms with van der Waals surface area (Å²) in [5, 5.41) is 0. The minimum Gasteiger partial charge on any atom is -0.379 e. The monoisotopic (exact) mass is 710 g/mol. The quantitative estimate of drug-likeness (QED) is 0.0359. The molecule has 0 fully saturated rings. The number of nitrogens with zero attached hydrogens (tertiary/aromatic N) is 1. The molecule has 0 heterocycles. The van der Waals surface area contributed by atoms with E-state index in [0.717, 1.165) is 50.2 Å². The smallest absolute Gasteiger partial charge is 0.0906 e. The van der Waals surface area contributed by atoms with Crippen molar-refractivity contribution < 1.29 is 9.47 Å². The van der Waals surface area contributed by atoms with Gasteiger partial charge in [-0.15, -0.1) is 0 Å². The topological polar surface area (TPSA) is 21.7 Å². The number of unbranched alkanes of at least 4 members (excludes halogenated alkanes) is 17. The summed E-state index contributed by atoms with van der Waals surface area (Å²) in [6.07, 6.45) is 45.8. The van der Waals surface area contributed by atoms with Crippen LogP contribution in [0.4, 0.5) is 0 Å². The minimum atomic E-state index is 0.215. The van der Waals surface area contributed by atoms with Crippen LogP contribution in [0.25, 0.3) is 0 Å². The molecule has 0 N–H and O–H groups in total. The molecule has 284 valence electrons. The fraction of sp³-hybridized carbons (Fsp3) is 0.860. The summed E-state index contributed by atoms with van der Waals surface area (Å²) in [6.45, 7) is 10.6. The molecule has 5 heteroatoms. The molecule has 3 nitrogen and oxygen atoms in total. The number of hydrogen-bond donors (Lipinski definition) is 0. The van der Waals surface area contributed by atoms with E-state index in [9.17, 15) is 0 Å². The molecule has 0 bridgehead atoms. The van der Waals surface area contributed by atoms with Gasteiger partial charge in [0.15, 0.2) is 0 Å². The molecule has 0 aromatic rings. The largest absolute Gasteiger partial charge is 0.379 e. The van der Waals surface area contributed by atoms with E-state index < -0.39 is 0 Å². The van der Waals surface area contributed by atoms with Crippen molar-refractivity contribution in [1.82, 2.24) is 4.90 Å². The fourth-order valence-corrected chi connectivity index (χ4v) is 7.90. The van der Waals surface area contributed by atoms with Gasteiger partial charge in [-0.2, -0.15) is 0 Å². The van der Waals surface area contributed by atoms with E-state index in [2.05, 4.69) is 76.2 Å². The highest BCUT2D eigenvalue weighted by Crippen LogP contribution is 2.23. The highest BCUT2D eigenvalue weighted by Gasteiger charge is 2.10. The van der Waals surface area contributed by atoms with E-state index in [0.29, 0.717) is 0 Å². The van der Waals surface area contributed by atoms with Crippen LogP contribution in [0, 0.1) is 5.92 Å². The standard InChI is InChI=1S/C43H83NO2S2/c1-6-8-10-11-12-13-14-15-16-17-18-19-22-25-28-32-37-45-40-43(41-48-47-39-36-44(4)5)46-38-33-29-26-23-20-21-24-27-31-35-42(3)34-30-9-7-2/h12-13,15-16,27,31,42-43H,6-11,14,17-26,28-30,32-41H2,1-5H3/b13-12-,16-15-,31-27-. The zero-order chi connectivity index (χ0) is 35.0. The number of hydrogen-bond acceptors (Lipinski definition) is 5. The third-order valence-electron chi connectivity index (χ3n) is 8.88. The first-order chi connectivity index (χ1) is 23.6. The second-order valence-electron chi connectivity index (χ2n) is 14.3. The summed E-state index contributed by atoms with van der Waals surface area (Å²) < 4.78 is 12.5. The SMILES string of the molecule is CCCCC/C=C\C/C=C\CCCCCCCCOCC(CSSCCN(C)C)OCCCCCCCC/C=C\CC(C)CCCCC. The molecule has 0 aromatic heterocycles. The third kappa shape index (κ3) is 40.2. The first-order valence-corrected chi connectivity index (χ1v) is 23.1. The Balaban J connectivity index is 3.86. The first kappa shape index (κ1) is 47.8. The Morgan fingerprint density at radius 2 is 1.12 bits per heavy atom. The highest BCUT2D eigenvalue weighted by molar-refractivity contribution is 8.76. The number of allylic oxidation sites excluding steroid dienone is 6. The normalized spacial score (nSPS) is 13.6. The van der Waals surface area contributed by atoms with Crippen LogP contribution in [0.15, 0.2) is 36.5 Å². The van der Waals surface area contributed by atoms with Gasteiger partial charge in [-0.3, -0.25) is 0 Å². The Morgan fingerprint density at radius 3 is 1.75 bits per heavy atom. The van der Waals surface area contributed by atoms with Gasteiger partial charge < -0.3 is 14.4 Å². The van der Waals surface area contributed by atoms with Gasteiger partial charge in [0.2, 0.25) is 0 Å². The van der Waals surface area contributed by atoms with E-state index in [1.54, 1.807) is 0 Å². The molecule has 0 radical (unpaired) electrons. The second kappa shape index (κ2) is 41.2. The Bertz CT molecular complexity index is 696. The van der Waals surface area contributed by atoms with Crippen molar-refractivity contribution in [3.8, 4) is 0 Å². The molecule has 0 saturated heterocycles. The molecular formula is C43H83NO2S2. The van der Waals surface area contributed by atoms with Crippen molar-refractivity contribution in [2.45, 2.75) is 181 Å². The predicted molar refractivity (Wildman–Crippen MR) is 223 cm³/mol. The summed E-state index contributed by atoms with van der Waals surface area (Å²) in [6, 6.07) is 0. The number of rotatable bonds is 39. The van der Waals surface area contributed by atoms with Gasteiger partial charge in [0.25, 0.3) is 0 Å². The van der Waals surface area contributed by atoms with Crippen LogP contribution in [-0.2, 0) is 9.47 Å². The maximum absolute atomic E-state index is 6.34. The molecule has 48 heavy (non-hydrogen) atoms. The van der Waals surface area contributed by atoms with Crippen molar-refractivity contribution in [3.05, 3.63) is 36.5 Å². The first-order valence-electron chi connectivity index (χ1n) is 20.6. The van der Waals surface area contributed by atoms with E-state index in [4.69, 9.17) is 9.47 Å². The Kier molecular flexibility index (Phi) is 41.1. The summed E-state index contributed by atoms with van der Waals surface area (Å²) in [4.78, 5) is 2.26. The zero-order valence-corrected chi connectivity index (χ0v) is 34.5. The lowest BCUT2D eigenvalue weighted by Gasteiger charge is -2.18. The minimum absolute atomic E-state index is 0.215. The van der Waals surface area contributed by atoms with Crippen molar-refractivity contribution in [3.63, 3.8) is 0 Å². The maximum atomic E-state index is 6.34. The molecule has 0 aliphatic carbocycles. The van der Waals surface area contributed by atoms with Gasteiger partial charge in [-0.25, -0.2) is 0 Å². The van der Waals surface area contributed by atoms with Crippen molar-refractivity contribution in [2.75, 3.05) is 52.0 Å². The van der Waals surface area contributed by atoms with E-state index >= 15 is 0 Å². The highest BCUT2D eigenvalue weighted by atomic mass is 33.1.